The largest absolute Gasteiger partial charge is 0.311 e. The van der Waals surface area contributed by atoms with Crippen LogP contribution in [-0.4, -0.2) is 12.1 Å². The van der Waals surface area contributed by atoms with Gasteiger partial charge in [0.15, 0.2) is 0 Å². The minimum absolute atomic E-state index is 0.775. The number of rotatable bonds is 3. The van der Waals surface area contributed by atoms with Crippen molar-refractivity contribution in [2.45, 2.75) is 83.2 Å². The molecule has 3 aliphatic rings. The van der Waals surface area contributed by atoms with Gasteiger partial charge in [0.1, 0.15) is 0 Å². The summed E-state index contributed by atoms with van der Waals surface area (Å²) in [6.45, 7) is 2.46. The zero-order valence-electron chi connectivity index (χ0n) is 11.5. The highest BCUT2D eigenvalue weighted by molar-refractivity contribution is 4.99. The van der Waals surface area contributed by atoms with Crippen molar-refractivity contribution in [3.63, 3.8) is 0 Å². The lowest BCUT2D eigenvalue weighted by Crippen LogP contribution is -2.43. The molecule has 3 fully saturated rings. The van der Waals surface area contributed by atoms with Crippen molar-refractivity contribution in [2.75, 3.05) is 0 Å². The molecule has 0 aromatic carbocycles. The molecule has 0 aromatic heterocycles. The van der Waals surface area contributed by atoms with E-state index in [0.717, 1.165) is 29.8 Å². The molecule has 0 heterocycles. The SMILES string of the molecule is C[C@H](NC1CCC[C@H]2C[C@@H]12)C1CCCCCC1. The molecule has 3 rings (SSSR count). The van der Waals surface area contributed by atoms with Crippen LogP contribution in [0, 0.1) is 17.8 Å². The zero-order valence-corrected chi connectivity index (χ0v) is 11.5. The van der Waals surface area contributed by atoms with Gasteiger partial charge in [0.2, 0.25) is 0 Å². The average Bonchev–Trinajstić information content (AvgIpc) is 3.13. The van der Waals surface area contributed by atoms with Gasteiger partial charge < -0.3 is 5.32 Å². The van der Waals surface area contributed by atoms with Crippen LogP contribution in [-0.2, 0) is 0 Å². The van der Waals surface area contributed by atoms with Gasteiger partial charge in [-0.3, -0.25) is 0 Å². The van der Waals surface area contributed by atoms with Crippen LogP contribution in [0.3, 0.4) is 0 Å². The maximum Gasteiger partial charge on any atom is 0.0101 e. The summed E-state index contributed by atoms with van der Waals surface area (Å²) in [4.78, 5) is 0. The van der Waals surface area contributed by atoms with Crippen LogP contribution in [0.2, 0.25) is 0 Å². The van der Waals surface area contributed by atoms with Crippen LogP contribution in [0.15, 0.2) is 0 Å². The molecule has 0 radical (unpaired) electrons. The fourth-order valence-electron chi connectivity index (χ4n) is 4.40. The van der Waals surface area contributed by atoms with Crippen molar-refractivity contribution in [3.8, 4) is 0 Å². The Kier molecular flexibility index (Phi) is 3.75. The smallest absolute Gasteiger partial charge is 0.0101 e. The highest BCUT2D eigenvalue weighted by Gasteiger charge is 2.45. The molecule has 98 valence electrons. The van der Waals surface area contributed by atoms with E-state index in [1.807, 2.05) is 0 Å². The average molecular weight is 235 g/mol. The fourth-order valence-corrected chi connectivity index (χ4v) is 4.40. The van der Waals surface area contributed by atoms with E-state index < -0.39 is 0 Å². The highest BCUT2D eigenvalue weighted by atomic mass is 15.0. The van der Waals surface area contributed by atoms with Crippen molar-refractivity contribution >= 4 is 0 Å². The normalized spacial score (nSPS) is 40.4. The lowest BCUT2D eigenvalue weighted by Gasteiger charge is -2.31. The molecule has 4 atom stereocenters. The van der Waals surface area contributed by atoms with Gasteiger partial charge in [-0.2, -0.15) is 0 Å². The molecule has 3 saturated carbocycles. The number of nitrogens with one attached hydrogen (secondary N) is 1. The predicted molar refractivity (Wildman–Crippen MR) is 73.0 cm³/mol. The molecule has 3 aliphatic carbocycles. The Labute approximate surface area is 107 Å². The van der Waals surface area contributed by atoms with E-state index in [1.54, 1.807) is 0 Å². The van der Waals surface area contributed by atoms with Crippen molar-refractivity contribution in [1.29, 1.82) is 0 Å². The van der Waals surface area contributed by atoms with E-state index >= 15 is 0 Å². The summed E-state index contributed by atoms with van der Waals surface area (Å²) in [5, 5.41) is 4.01. The van der Waals surface area contributed by atoms with Gasteiger partial charge >= 0.3 is 0 Å². The zero-order chi connectivity index (χ0) is 11.7. The summed E-state index contributed by atoms with van der Waals surface area (Å²) < 4.78 is 0. The summed E-state index contributed by atoms with van der Waals surface area (Å²) in [6.07, 6.45) is 14.9. The Hall–Kier alpha value is -0.0400. The van der Waals surface area contributed by atoms with Crippen molar-refractivity contribution < 1.29 is 0 Å². The van der Waals surface area contributed by atoms with Crippen LogP contribution in [0.25, 0.3) is 0 Å². The lowest BCUT2D eigenvalue weighted by molar-refractivity contribution is 0.264. The minimum Gasteiger partial charge on any atom is -0.311 e. The second-order valence-electron chi connectivity index (χ2n) is 6.90. The summed E-state index contributed by atoms with van der Waals surface area (Å²) in [7, 11) is 0. The van der Waals surface area contributed by atoms with Gasteiger partial charge in [0.25, 0.3) is 0 Å². The van der Waals surface area contributed by atoms with E-state index in [2.05, 4.69) is 12.2 Å². The van der Waals surface area contributed by atoms with Crippen LogP contribution in [0.4, 0.5) is 0 Å². The first-order chi connectivity index (χ1) is 8.34. The van der Waals surface area contributed by atoms with Gasteiger partial charge in [-0.05, 0) is 50.4 Å². The topological polar surface area (TPSA) is 12.0 Å². The Morgan fingerprint density at radius 3 is 2.41 bits per heavy atom. The molecule has 1 unspecified atom stereocenters. The second-order valence-corrected chi connectivity index (χ2v) is 6.90. The molecule has 1 N–H and O–H groups in total. The number of fused-ring (bicyclic) bond motifs is 1. The monoisotopic (exact) mass is 235 g/mol. The number of hydrogen-bond acceptors (Lipinski definition) is 1. The molecule has 17 heavy (non-hydrogen) atoms. The van der Waals surface area contributed by atoms with Gasteiger partial charge in [-0.15, -0.1) is 0 Å². The van der Waals surface area contributed by atoms with Crippen LogP contribution in [0.1, 0.15) is 71.1 Å². The highest BCUT2D eigenvalue weighted by Crippen LogP contribution is 2.49. The molecule has 1 heteroatoms. The number of hydrogen-bond donors (Lipinski definition) is 1. The van der Waals surface area contributed by atoms with Gasteiger partial charge in [0, 0.05) is 12.1 Å². The third kappa shape index (κ3) is 2.86. The van der Waals surface area contributed by atoms with Gasteiger partial charge in [-0.25, -0.2) is 0 Å². The second kappa shape index (κ2) is 5.30. The van der Waals surface area contributed by atoms with Gasteiger partial charge in [0.05, 0.1) is 0 Å². The van der Waals surface area contributed by atoms with E-state index in [1.165, 1.54) is 64.2 Å². The first kappa shape index (κ1) is 12.0. The predicted octanol–water partition coefficient (Wildman–Crippen LogP) is 4.12. The van der Waals surface area contributed by atoms with E-state index in [0.29, 0.717) is 0 Å². The standard InChI is InChI=1S/C16H29N/c1-12(13-7-4-2-3-5-8-13)17-16-10-6-9-14-11-15(14)16/h12-17H,2-11H2,1H3/t12-,14-,15+,16?/m0/s1. The molecule has 0 aliphatic heterocycles. The van der Waals surface area contributed by atoms with Crippen molar-refractivity contribution in [2.24, 2.45) is 17.8 Å². The quantitative estimate of drug-likeness (QED) is 0.725. The third-order valence-corrected chi connectivity index (χ3v) is 5.67. The maximum atomic E-state index is 4.01. The molecule has 0 saturated heterocycles. The Morgan fingerprint density at radius 1 is 0.882 bits per heavy atom. The van der Waals surface area contributed by atoms with Crippen molar-refractivity contribution in [3.05, 3.63) is 0 Å². The summed E-state index contributed by atoms with van der Waals surface area (Å²) in [5.74, 6) is 3.15. The van der Waals surface area contributed by atoms with E-state index in [4.69, 9.17) is 0 Å². The van der Waals surface area contributed by atoms with Crippen LogP contribution >= 0.6 is 0 Å². The maximum absolute atomic E-state index is 4.01. The molecule has 0 bridgehead atoms. The molecular weight excluding hydrogens is 206 g/mol. The minimum atomic E-state index is 0.775. The molecule has 0 aromatic rings. The fraction of sp³-hybridized carbons (Fsp3) is 1.00. The summed E-state index contributed by atoms with van der Waals surface area (Å²) in [5.41, 5.74) is 0. The molecule has 0 amide bonds. The summed E-state index contributed by atoms with van der Waals surface area (Å²) >= 11 is 0. The first-order valence-corrected chi connectivity index (χ1v) is 8.10. The first-order valence-electron chi connectivity index (χ1n) is 8.10. The summed E-state index contributed by atoms with van der Waals surface area (Å²) in [6, 6.07) is 1.66. The Morgan fingerprint density at radius 2 is 1.65 bits per heavy atom. The Balaban J connectivity index is 1.49. The third-order valence-electron chi connectivity index (χ3n) is 5.67. The van der Waals surface area contributed by atoms with Crippen LogP contribution in [0.5, 0.6) is 0 Å². The van der Waals surface area contributed by atoms with Crippen LogP contribution < -0.4 is 5.32 Å². The van der Waals surface area contributed by atoms with Crippen molar-refractivity contribution in [1.82, 2.24) is 5.32 Å². The molecule has 0 spiro atoms. The van der Waals surface area contributed by atoms with E-state index in [9.17, 15) is 0 Å². The molecule has 1 nitrogen and oxygen atoms in total. The van der Waals surface area contributed by atoms with E-state index in [-0.39, 0.29) is 0 Å². The van der Waals surface area contributed by atoms with Gasteiger partial charge in [-0.1, -0.05) is 38.5 Å². The molecular formula is C16H29N. The Bertz CT molecular complexity index is 242. The lowest BCUT2D eigenvalue weighted by atomic mass is 9.89.